The third-order valence-electron chi connectivity index (χ3n) is 11.0. The second-order valence-electron chi connectivity index (χ2n) is 17.0. The minimum Gasteiger partial charge on any atom is -0.423 e. The van der Waals surface area contributed by atoms with Crippen LogP contribution in [0.4, 0.5) is 11.9 Å². The molecule has 0 saturated heterocycles. The van der Waals surface area contributed by atoms with Crippen molar-refractivity contribution < 1.29 is 57.1 Å². The van der Waals surface area contributed by atoms with Crippen molar-refractivity contribution in [3.05, 3.63) is 148 Å². The van der Waals surface area contributed by atoms with E-state index in [-0.39, 0.29) is 11.9 Å². The van der Waals surface area contributed by atoms with E-state index >= 15 is 0 Å². The van der Waals surface area contributed by atoms with Gasteiger partial charge in [-0.15, -0.1) is 0 Å². The first-order valence-corrected chi connectivity index (χ1v) is 31.7. The molecule has 10 aromatic rings. The van der Waals surface area contributed by atoms with Crippen LogP contribution in [0.2, 0.25) is 0 Å². The van der Waals surface area contributed by atoms with Crippen molar-refractivity contribution in [1.82, 2.24) is 40.2 Å². The quantitative estimate of drug-likeness (QED) is 0.0446. The SMILES string of the molecule is CCC[I-]C.Cc1noc(C)c1-c1cc(-c2cccnc2-c2ccccc2)c2nc(NS(C)(=O)=O)[nH]c2c1.Cc1noc(C)c1-c1cc(I)c2nc(NS(C)(=O)=O)[nH]c2c1.OB(O)c1cccnc1-c1ccccc1. The summed E-state index contributed by atoms with van der Waals surface area (Å²) in [5.41, 5.74) is 13.3. The molecule has 0 atom stereocenters. The molecule has 390 valence electrons. The largest absolute Gasteiger partial charge is 0.490 e. The first-order valence-electron chi connectivity index (χ1n) is 23.1. The van der Waals surface area contributed by atoms with E-state index in [4.69, 9.17) is 9.05 Å². The molecule has 0 fully saturated rings. The molecule has 4 aromatic carbocycles. The molecule has 0 amide bonds. The number of aromatic nitrogens is 8. The zero-order chi connectivity index (χ0) is 54.0. The number of nitrogens with one attached hydrogen (secondary N) is 4. The van der Waals surface area contributed by atoms with E-state index in [2.05, 4.69) is 84.1 Å². The van der Waals surface area contributed by atoms with Gasteiger partial charge in [0.05, 0.1) is 51.8 Å². The molecule has 0 aliphatic rings. The zero-order valence-corrected chi connectivity index (χ0v) is 48.1. The predicted molar refractivity (Wildman–Crippen MR) is 301 cm³/mol. The molecule has 0 spiro atoms. The predicted octanol–water partition coefficient (Wildman–Crippen LogP) is 6.29. The van der Waals surface area contributed by atoms with Crippen LogP contribution in [-0.2, 0) is 20.0 Å². The van der Waals surface area contributed by atoms with Crippen molar-refractivity contribution >= 4 is 89.2 Å². The number of alkyl halides is 2. The fourth-order valence-corrected chi connectivity index (χ4v) is 10.7. The second-order valence-corrected chi connectivity index (χ2v) is 24.3. The standard InChI is InChI=1S/C24H21N5O3S.C13H13IN4O3S.C11H10BNO2.C4H10I/c1-14-21(15(2)32-28-14)17-12-19(23-20(13-17)26-24(27-23)29-33(3,30)31)18-10-7-11-25-22(18)16-8-5-4-6-9-16;1-6-11(7(2)21-17-6)8-4-9(14)12-10(5-8)15-13(16-12)18-22(3,19)20;14-12(15)10-7-4-8-13-11(10)9-5-2-1-3-6-9;1-3-4-5-2/h4-13H,1-3H3,(H2,26,27,29);4-5H,1-3H3,(H2,15,16,18);1-8,14-15H;3-4H2,1-2H3/q;;;-1. The summed E-state index contributed by atoms with van der Waals surface area (Å²) in [5, 5.41) is 26.4. The Bertz CT molecular complexity index is 3760. The number of fused-ring (bicyclic) bond motifs is 2. The molecule has 75 heavy (non-hydrogen) atoms. The smallest absolute Gasteiger partial charge is 0.423 e. The average Bonchev–Trinajstić information content (AvgIpc) is 4.15. The van der Waals surface area contributed by atoms with Crippen LogP contribution in [0.25, 0.3) is 78.0 Å². The minimum absolute atomic E-state index is 0.148. The molecular formula is C52H54BI2N10O8S2-. The molecule has 18 nitrogen and oxygen atoms in total. The summed E-state index contributed by atoms with van der Waals surface area (Å²) in [6, 6.07) is 34.3. The maximum atomic E-state index is 11.8. The monoisotopic (exact) mass is 1280 g/mol. The van der Waals surface area contributed by atoms with E-state index in [1.165, 1.54) is 10.8 Å². The summed E-state index contributed by atoms with van der Waals surface area (Å²) in [6.07, 6.45) is 6.95. The zero-order valence-electron chi connectivity index (χ0n) is 42.1. The van der Waals surface area contributed by atoms with Crippen LogP contribution in [0.1, 0.15) is 36.3 Å². The van der Waals surface area contributed by atoms with Crippen molar-refractivity contribution in [2.75, 3.05) is 31.3 Å². The molecule has 0 bridgehead atoms. The number of nitrogens with zero attached hydrogens (tertiary/aromatic N) is 6. The van der Waals surface area contributed by atoms with E-state index in [0.29, 0.717) is 54.7 Å². The van der Waals surface area contributed by atoms with E-state index in [1.54, 1.807) is 24.5 Å². The summed E-state index contributed by atoms with van der Waals surface area (Å²) < 4.78 is 64.0. The number of hydrogen-bond donors (Lipinski definition) is 6. The number of halogens is 2. The first-order chi connectivity index (χ1) is 35.7. The molecule has 23 heteroatoms. The van der Waals surface area contributed by atoms with Gasteiger partial charge in [0, 0.05) is 49.2 Å². The number of H-pyrrole nitrogens is 2. The van der Waals surface area contributed by atoms with Crippen molar-refractivity contribution in [3.8, 4) is 55.9 Å². The Kier molecular flexibility index (Phi) is 18.7. The maximum absolute atomic E-state index is 11.8. The number of sulfonamides is 2. The average molecular weight is 1280 g/mol. The Morgan fingerprint density at radius 1 is 0.627 bits per heavy atom. The van der Waals surface area contributed by atoms with Gasteiger partial charge in [-0.05, 0) is 103 Å². The van der Waals surface area contributed by atoms with E-state index in [9.17, 15) is 26.9 Å². The summed E-state index contributed by atoms with van der Waals surface area (Å²) in [6.45, 7) is 9.73. The maximum Gasteiger partial charge on any atom is 0.490 e. The molecule has 0 saturated carbocycles. The Morgan fingerprint density at radius 3 is 1.57 bits per heavy atom. The van der Waals surface area contributed by atoms with Gasteiger partial charge in [-0.25, -0.2) is 26.8 Å². The number of imidazole rings is 2. The topological polar surface area (TPSA) is 268 Å². The van der Waals surface area contributed by atoms with Gasteiger partial charge in [-0.2, -0.15) is 0 Å². The molecule has 0 aliphatic carbocycles. The van der Waals surface area contributed by atoms with Gasteiger partial charge in [0.15, 0.2) is 0 Å². The van der Waals surface area contributed by atoms with E-state index < -0.39 is 27.2 Å². The van der Waals surface area contributed by atoms with Crippen LogP contribution in [0.15, 0.2) is 131 Å². The molecule has 6 aromatic heterocycles. The molecule has 0 aliphatic heterocycles. The van der Waals surface area contributed by atoms with E-state index in [0.717, 1.165) is 88.9 Å². The molecule has 6 heterocycles. The fourth-order valence-electron chi connectivity index (χ4n) is 8.03. The van der Waals surface area contributed by atoms with Crippen LogP contribution in [0.3, 0.4) is 0 Å². The number of anilines is 2. The van der Waals surface area contributed by atoms with Gasteiger partial charge in [0.25, 0.3) is 0 Å². The van der Waals surface area contributed by atoms with Gasteiger partial charge in [-0.3, -0.25) is 19.4 Å². The van der Waals surface area contributed by atoms with Crippen LogP contribution in [0, 0.1) is 31.3 Å². The Labute approximate surface area is 459 Å². The van der Waals surface area contributed by atoms with Gasteiger partial charge in [0.2, 0.25) is 31.9 Å². The van der Waals surface area contributed by atoms with Crippen LogP contribution >= 0.6 is 22.6 Å². The third-order valence-corrected chi connectivity index (χ3v) is 15.1. The molecular weight excluding hydrogens is 1220 g/mol. The number of aromatic amines is 2. The fraction of sp³-hybridized carbons (Fsp3) is 0.192. The van der Waals surface area contributed by atoms with Crippen molar-refractivity contribution in [2.45, 2.75) is 41.0 Å². The summed E-state index contributed by atoms with van der Waals surface area (Å²) in [7, 11) is -8.37. The van der Waals surface area contributed by atoms with Gasteiger partial charge < -0.3 is 29.1 Å². The number of pyridine rings is 2. The molecule has 0 radical (unpaired) electrons. The third kappa shape index (κ3) is 14.5. The Morgan fingerprint density at radius 2 is 1.11 bits per heavy atom. The number of hydrogen-bond acceptors (Lipinski definition) is 14. The van der Waals surface area contributed by atoms with Gasteiger partial charge in [-0.1, -0.05) is 83.1 Å². The van der Waals surface area contributed by atoms with Gasteiger partial charge >= 0.3 is 51.0 Å². The summed E-state index contributed by atoms with van der Waals surface area (Å²) in [5.74, 6) is 1.78. The second kappa shape index (κ2) is 24.9. The number of rotatable bonds is 12. The molecule has 10 rings (SSSR count). The van der Waals surface area contributed by atoms with Crippen LogP contribution < -0.4 is 36.1 Å². The number of aryl methyl sites for hydroxylation is 4. The van der Waals surface area contributed by atoms with E-state index in [1.807, 2.05) is 125 Å². The normalized spacial score (nSPS) is 11.3. The first kappa shape index (κ1) is 56.2. The van der Waals surface area contributed by atoms with Crippen LogP contribution in [0.5, 0.6) is 0 Å². The molecule has 0 unspecified atom stereocenters. The minimum atomic E-state index is -3.50. The Balaban J connectivity index is 0.000000168. The summed E-state index contributed by atoms with van der Waals surface area (Å²) in [4.78, 5) is 26.0. The number of benzene rings is 4. The van der Waals surface area contributed by atoms with Crippen molar-refractivity contribution in [3.63, 3.8) is 0 Å². The molecule has 6 N–H and O–H groups in total. The van der Waals surface area contributed by atoms with Gasteiger partial charge in [0.1, 0.15) is 17.0 Å². The Hall–Kier alpha value is -6.52. The van der Waals surface area contributed by atoms with Crippen molar-refractivity contribution in [1.29, 1.82) is 0 Å². The summed E-state index contributed by atoms with van der Waals surface area (Å²) >= 11 is 2.78. The van der Waals surface area contributed by atoms with Crippen molar-refractivity contribution in [2.24, 2.45) is 0 Å². The van der Waals surface area contributed by atoms with Crippen LogP contribution in [-0.4, -0.2) is 96.1 Å².